The van der Waals surface area contributed by atoms with Gasteiger partial charge in [0.2, 0.25) is 0 Å². The summed E-state index contributed by atoms with van der Waals surface area (Å²) in [6.45, 7) is 5.91. The molecule has 2 aromatic rings. The number of aliphatic hydroxyl groups is 1. The second kappa shape index (κ2) is 7.36. The molecule has 2 aromatic carbocycles. The van der Waals surface area contributed by atoms with Gasteiger partial charge in [-0.05, 0) is 68.1 Å². The molecule has 1 N–H and O–H groups in total. The van der Waals surface area contributed by atoms with Crippen LogP contribution < -0.4 is 0 Å². The van der Waals surface area contributed by atoms with Gasteiger partial charge in [0.05, 0.1) is 5.60 Å². The Hall–Kier alpha value is -1.86. The highest BCUT2D eigenvalue weighted by atomic mass is 16.3. The normalized spacial score (nSPS) is 23.8. The highest BCUT2D eigenvalue weighted by Crippen LogP contribution is 2.41. The molecule has 0 atom stereocenters. The molecule has 1 saturated carbocycles. The molecule has 0 heterocycles. The van der Waals surface area contributed by atoms with E-state index in [9.17, 15) is 5.11 Å². The predicted molar refractivity (Wildman–Crippen MR) is 102 cm³/mol. The fourth-order valence-electron chi connectivity index (χ4n) is 3.80. The van der Waals surface area contributed by atoms with Gasteiger partial charge < -0.3 is 5.11 Å². The van der Waals surface area contributed by atoms with Crippen molar-refractivity contribution in [3.63, 3.8) is 0 Å². The van der Waals surface area contributed by atoms with E-state index in [1.54, 1.807) is 0 Å². The third kappa shape index (κ3) is 3.79. The molecule has 1 heteroatoms. The molecule has 1 fully saturated rings. The summed E-state index contributed by atoms with van der Waals surface area (Å²) < 4.78 is 0. The van der Waals surface area contributed by atoms with E-state index in [0.717, 1.165) is 43.6 Å². The number of benzene rings is 2. The van der Waals surface area contributed by atoms with Crippen molar-refractivity contribution >= 4 is 0 Å². The van der Waals surface area contributed by atoms with Gasteiger partial charge in [-0.15, -0.1) is 6.58 Å². The van der Waals surface area contributed by atoms with Gasteiger partial charge in [0.1, 0.15) is 0 Å². The van der Waals surface area contributed by atoms with Crippen molar-refractivity contribution in [2.24, 2.45) is 5.92 Å². The van der Waals surface area contributed by atoms with Crippen LogP contribution in [-0.2, 0) is 5.60 Å². The number of allylic oxidation sites excluding steroid dienone is 1. The molecule has 3 rings (SSSR count). The van der Waals surface area contributed by atoms with E-state index in [2.05, 4.69) is 62.0 Å². The van der Waals surface area contributed by atoms with Gasteiger partial charge in [0.25, 0.3) is 0 Å². The highest BCUT2D eigenvalue weighted by molar-refractivity contribution is 5.64. The summed E-state index contributed by atoms with van der Waals surface area (Å²) in [7, 11) is 0. The second-order valence-electron chi connectivity index (χ2n) is 7.28. The van der Waals surface area contributed by atoms with Crippen molar-refractivity contribution in [2.75, 3.05) is 0 Å². The van der Waals surface area contributed by atoms with Crippen molar-refractivity contribution in [3.8, 4) is 11.1 Å². The van der Waals surface area contributed by atoms with Gasteiger partial charge in [-0.2, -0.15) is 0 Å². The lowest BCUT2D eigenvalue weighted by molar-refractivity contribution is -0.0150. The molecule has 1 aliphatic carbocycles. The average Bonchev–Trinajstić information content (AvgIpc) is 2.62. The maximum absolute atomic E-state index is 11.1. The first-order valence-electron chi connectivity index (χ1n) is 9.11. The molecule has 0 amide bonds. The SMILES string of the molecule is C=CCCC1CCC(O)(c2ccc(-c3ccc(C)cc3)cc2)CC1. The molecule has 1 nitrogen and oxygen atoms in total. The number of aryl methyl sites for hydroxylation is 1. The Bertz CT molecular complexity index is 658. The fraction of sp³-hybridized carbons (Fsp3) is 0.391. The van der Waals surface area contributed by atoms with Crippen LogP contribution >= 0.6 is 0 Å². The largest absolute Gasteiger partial charge is 0.385 e. The van der Waals surface area contributed by atoms with E-state index in [0.29, 0.717) is 0 Å². The molecular weight excluding hydrogens is 292 g/mol. The number of hydrogen-bond acceptors (Lipinski definition) is 1. The van der Waals surface area contributed by atoms with Crippen molar-refractivity contribution in [1.82, 2.24) is 0 Å². The lowest BCUT2D eigenvalue weighted by Crippen LogP contribution is -2.31. The first-order chi connectivity index (χ1) is 11.6. The monoisotopic (exact) mass is 320 g/mol. The van der Waals surface area contributed by atoms with Crippen LogP contribution in [0.25, 0.3) is 11.1 Å². The van der Waals surface area contributed by atoms with Crippen LogP contribution in [0.2, 0.25) is 0 Å². The summed E-state index contributed by atoms with van der Waals surface area (Å²) in [5.74, 6) is 0.745. The van der Waals surface area contributed by atoms with Gasteiger partial charge in [0, 0.05) is 0 Å². The Morgan fingerprint density at radius 3 is 2.08 bits per heavy atom. The van der Waals surface area contributed by atoms with Crippen LogP contribution in [0.3, 0.4) is 0 Å². The van der Waals surface area contributed by atoms with Gasteiger partial charge in [-0.25, -0.2) is 0 Å². The lowest BCUT2D eigenvalue weighted by atomic mass is 9.74. The summed E-state index contributed by atoms with van der Waals surface area (Å²) in [6, 6.07) is 17.1. The Morgan fingerprint density at radius 2 is 1.54 bits per heavy atom. The molecule has 0 bridgehead atoms. The van der Waals surface area contributed by atoms with Crippen LogP contribution in [0, 0.1) is 12.8 Å². The molecule has 1 aliphatic rings. The standard InChI is InChI=1S/C23H28O/c1-3-4-5-19-14-16-23(24,17-15-19)22-12-10-21(11-13-22)20-8-6-18(2)7-9-20/h3,6-13,19,24H,1,4-5,14-17H2,2H3. The number of rotatable bonds is 5. The third-order valence-corrected chi connectivity index (χ3v) is 5.52. The quantitative estimate of drug-likeness (QED) is 0.669. The summed E-state index contributed by atoms with van der Waals surface area (Å²) in [6.07, 6.45) is 8.29. The highest BCUT2D eigenvalue weighted by Gasteiger charge is 2.34. The van der Waals surface area contributed by atoms with Crippen molar-refractivity contribution < 1.29 is 5.11 Å². The summed E-state index contributed by atoms with van der Waals surface area (Å²) in [5.41, 5.74) is 4.14. The van der Waals surface area contributed by atoms with E-state index in [1.807, 2.05) is 6.08 Å². The Kier molecular flexibility index (Phi) is 5.20. The van der Waals surface area contributed by atoms with Crippen molar-refractivity contribution in [3.05, 3.63) is 72.3 Å². The summed E-state index contributed by atoms with van der Waals surface area (Å²) >= 11 is 0. The maximum Gasteiger partial charge on any atom is 0.0896 e. The van der Waals surface area contributed by atoms with Crippen LogP contribution in [0.4, 0.5) is 0 Å². The minimum Gasteiger partial charge on any atom is -0.385 e. The third-order valence-electron chi connectivity index (χ3n) is 5.52. The van der Waals surface area contributed by atoms with E-state index in [1.165, 1.54) is 23.1 Å². The Balaban J connectivity index is 1.69. The fourth-order valence-corrected chi connectivity index (χ4v) is 3.80. The second-order valence-corrected chi connectivity index (χ2v) is 7.28. The topological polar surface area (TPSA) is 20.2 Å². The zero-order valence-electron chi connectivity index (χ0n) is 14.7. The zero-order chi connectivity index (χ0) is 17.0. The molecule has 0 spiro atoms. The number of hydrogen-bond donors (Lipinski definition) is 1. The molecule has 0 aromatic heterocycles. The molecular formula is C23H28O. The van der Waals surface area contributed by atoms with Crippen molar-refractivity contribution in [2.45, 2.75) is 51.0 Å². The smallest absolute Gasteiger partial charge is 0.0896 e. The lowest BCUT2D eigenvalue weighted by Gasteiger charge is -2.36. The maximum atomic E-state index is 11.1. The van der Waals surface area contributed by atoms with Crippen LogP contribution in [0.1, 0.15) is 49.7 Å². The Labute approximate surface area is 146 Å². The molecule has 0 unspecified atom stereocenters. The van der Waals surface area contributed by atoms with Crippen LogP contribution in [0.5, 0.6) is 0 Å². The molecule has 126 valence electrons. The molecule has 0 saturated heterocycles. The Morgan fingerprint density at radius 1 is 1.00 bits per heavy atom. The minimum absolute atomic E-state index is 0.642. The summed E-state index contributed by atoms with van der Waals surface area (Å²) in [4.78, 5) is 0. The van der Waals surface area contributed by atoms with Crippen LogP contribution in [-0.4, -0.2) is 5.11 Å². The van der Waals surface area contributed by atoms with Crippen LogP contribution in [0.15, 0.2) is 61.2 Å². The molecule has 0 aliphatic heterocycles. The van der Waals surface area contributed by atoms with Gasteiger partial charge in [-0.1, -0.05) is 60.2 Å². The van der Waals surface area contributed by atoms with E-state index >= 15 is 0 Å². The van der Waals surface area contributed by atoms with E-state index in [-0.39, 0.29) is 0 Å². The minimum atomic E-state index is -0.642. The van der Waals surface area contributed by atoms with Gasteiger partial charge in [0.15, 0.2) is 0 Å². The zero-order valence-corrected chi connectivity index (χ0v) is 14.7. The van der Waals surface area contributed by atoms with E-state index < -0.39 is 5.60 Å². The summed E-state index contributed by atoms with van der Waals surface area (Å²) in [5, 5.41) is 11.1. The van der Waals surface area contributed by atoms with Crippen molar-refractivity contribution in [1.29, 1.82) is 0 Å². The molecule has 24 heavy (non-hydrogen) atoms. The predicted octanol–water partition coefficient (Wildman–Crippen LogP) is 6.01. The van der Waals surface area contributed by atoms with Gasteiger partial charge in [-0.3, -0.25) is 0 Å². The first kappa shape index (κ1) is 17.0. The average molecular weight is 320 g/mol. The van der Waals surface area contributed by atoms with Gasteiger partial charge >= 0.3 is 0 Å². The van der Waals surface area contributed by atoms with E-state index in [4.69, 9.17) is 0 Å². The first-order valence-corrected chi connectivity index (χ1v) is 9.11. The molecule has 0 radical (unpaired) electrons.